The van der Waals surface area contributed by atoms with E-state index in [2.05, 4.69) is 10.5 Å². The van der Waals surface area contributed by atoms with Crippen molar-refractivity contribution in [2.24, 2.45) is 5.10 Å². The summed E-state index contributed by atoms with van der Waals surface area (Å²) < 4.78 is 5.43. The quantitative estimate of drug-likeness (QED) is 0.110. The monoisotopic (exact) mass is 529 g/mol. The molecule has 0 aliphatic carbocycles. The van der Waals surface area contributed by atoms with Crippen LogP contribution in [0.5, 0.6) is 5.75 Å². The van der Waals surface area contributed by atoms with E-state index in [1.807, 2.05) is 0 Å². The Balaban J connectivity index is 1.56. The second-order valence-corrected chi connectivity index (χ2v) is 8.45. The Morgan fingerprint density at radius 3 is 2.05 bits per heavy atom. The van der Waals surface area contributed by atoms with E-state index in [0.717, 1.165) is 0 Å². The van der Waals surface area contributed by atoms with Gasteiger partial charge in [-0.15, -0.1) is 0 Å². The number of nitro groups is 1. The summed E-state index contributed by atoms with van der Waals surface area (Å²) in [4.78, 5) is 36.1. The highest BCUT2D eigenvalue weighted by Crippen LogP contribution is 2.30. The molecule has 2 N–H and O–H groups in total. The topological polar surface area (TPSA) is 131 Å². The first kappa shape index (κ1) is 26.2. The molecule has 0 heterocycles. The van der Waals surface area contributed by atoms with Gasteiger partial charge in [-0.3, -0.25) is 14.9 Å². The molecule has 1 amide bonds. The van der Waals surface area contributed by atoms with Gasteiger partial charge in [0.25, 0.3) is 11.6 Å². The number of carbonyl (C=O) groups excluding carboxylic acids is 2. The molecule has 9 nitrogen and oxygen atoms in total. The zero-order valence-electron chi connectivity index (χ0n) is 19.7. The van der Waals surface area contributed by atoms with Crippen LogP contribution >= 0.6 is 11.6 Å². The first-order chi connectivity index (χ1) is 18.3. The largest absolute Gasteiger partial charge is 0.422 e. The van der Waals surface area contributed by atoms with Crippen LogP contribution in [0.2, 0.25) is 5.02 Å². The molecule has 10 heteroatoms. The van der Waals surface area contributed by atoms with Crippen molar-refractivity contribution >= 4 is 35.4 Å². The average molecular weight is 530 g/mol. The number of non-ortho nitro benzene ring substituents is 1. The zero-order chi connectivity index (χ0) is 27.1. The smallest absolute Gasteiger partial charge is 0.343 e. The second-order valence-electron chi connectivity index (χ2n) is 8.02. The third-order valence-corrected chi connectivity index (χ3v) is 5.80. The lowest BCUT2D eigenvalue weighted by Gasteiger charge is -2.27. The number of nitro benzene ring substituents is 1. The molecule has 0 aromatic heterocycles. The van der Waals surface area contributed by atoms with E-state index in [-0.39, 0.29) is 22.6 Å². The number of hydrogen-bond donors (Lipinski definition) is 2. The van der Waals surface area contributed by atoms with Gasteiger partial charge in [-0.1, -0.05) is 72.3 Å². The van der Waals surface area contributed by atoms with Gasteiger partial charge in [0.05, 0.1) is 16.7 Å². The van der Waals surface area contributed by atoms with Crippen LogP contribution in [0.4, 0.5) is 5.69 Å². The van der Waals surface area contributed by atoms with Gasteiger partial charge in [-0.2, -0.15) is 5.10 Å². The number of hydrazone groups is 1. The van der Waals surface area contributed by atoms with Gasteiger partial charge in [-0.25, -0.2) is 10.2 Å². The predicted octanol–water partition coefficient (Wildman–Crippen LogP) is 4.85. The van der Waals surface area contributed by atoms with Gasteiger partial charge in [-0.05, 0) is 41.5 Å². The number of carbonyl (C=O) groups is 2. The minimum absolute atomic E-state index is 0.0807. The minimum atomic E-state index is -2.03. The number of aliphatic hydroxyl groups is 1. The number of nitrogens with one attached hydrogen (secondary N) is 1. The summed E-state index contributed by atoms with van der Waals surface area (Å²) in [6.45, 7) is 0. The molecule has 4 aromatic carbocycles. The molecular formula is C28H20ClN3O6. The van der Waals surface area contributed by atoms with Crippen molar-refractivity contribution in [3.63, 3.8) is 0 Å². The number of hydrogen-bond acceptors (Lipinski definition) is 7. The van der Waals surface area contributed by atoms with Crippen LogP contribution in [0.15, 0.2) is 108 Å². The molecule has 0 spiro atoms. The van der Waals surface area contributed by atoms with Gasteiger partial charge < -0.3 is 9.84 Å². The fraction of sp³-hybridized carbons (Fsp3) is 0.0357. The van der Waals surface area contributed by atoms with E-state index in [1.165, 1.54) is 48.7 Å². The summed E-state index contributed by atoms with van der Waals surface area (Å²) in [7, 11) is 0. The molecule has 4 aromatic rings. The lowest BCUT2D eigenvalue weighted by molar-refractivity contribution is -0.384. The maximum absolute atomic E-state index is 13.2. The van der Waals surface area contributed by atoms with Crippen molar-refractivity contribution in [2.45, 2.75) is 5.60 Å². The maximum atomic E-state index is 13.2. The summed E-state index contributed by atoms with van der Waals surface area (Å²) >= 11 is 6.10. The Hall–Kier alpha value is -4.86. The van der Waals surface area contributed by atoms with Crippen molar-refractivity contribution in [1.29, 1.82) is 0 Å². The molecule has 0 saturated heterocycles. The molecule has 0 atom stereocenters. The highest BCUT2D eigenvalue weighted by molar-refractivity contribution is 6.31. The van der Waals surface area contributed by atoms with E-state index in [1.54, 1.807) is 60.7 Å². The SMILES string of the molecule is O=C(Oc1ccc(Cl)cc1C=NNC(=O)C(O)(c1ccccc1)c1ccccc1)c1ccc([N+](=O)[O-])cc1. The molecule has 0 bridgehead atoms. The zero-order valence-corrected chi connectivity index (χ0v) is 20.4. The summed E-state index contributed by atoms with van der Waals surface area (Å²) in [5.41, 5.74) is 1.21. The van der Waals surface area contributed by atoms with E-state index in [0.29, 0.717) is 16.1 Å². The first-order valence-electron chi connectivity index (χ1n) is 11.2. The van der Waals surface area contributed by atoms with Crippen molar-refractivity contribution < 1.29 is 24.4 Å². The molecule has 0 aliphatic heterocycles. The number of rotatable bonds is 8. The van der Waals surface area contributed by atoms with Crippen LogP contribution in [-0.2, 0) is 10.4 Å². The van der Waals surface area contributed by atoms with Gasteiger partial charge in [0.1, 0.15) is 5.75 Å². The van der Waals surface area contributed by atoms with Gasteiger partial charge >= 0.3 is 5.97 Å². The van der Waals surface area contributed by atoms with Crippen molar-refractivity contribution in [3.8, 4) is 5.75 Å². The number of halogens is 1. The number of ether oxygens (including phenoxy) is 1. The summed E-state index contributed by atoms with van der Waals surface area (Å²) in [5, 5.41) is 26.6. The highest BCUT2D eigenvalue weighted by atomic mass is 35.5. The van der Waals surface area contributed by atoms with E-state index < -0.39 is 22.4 Å². The molecule has 0 unspecified atom stereocenters. The van der Waals surface area contributed by atoms with Crippen LogP contribution in [0, 0.1) is 10.1 Å². The lowest BCUT2D eigenvalue weighted by Crippen LogP contribution is -2.43. The fourth-order valence-electron chi connectivity index (χ4n) is 3.62. The Bertz CT molecular complexity index is 1450. The predicted molar refractivity (Wildman–Crippen MR) is 141 cm³/mol. The van der Waals surface area contributed by atoms with E-state index in [9.17, 15) is 24.8 Å². The Morgan fingerprint density at radius 2 is 1.50 bits per heavy atom. The number of esters is 1. The van der Waals surface area contributed by atoms with Gasteiger partial charge in [0, 0.05) is 22.7 Å². The second kappa shape index (κ2) is 11.5. The minimum Gasteiger partial charge on any atom is -0.422 e. The highest BCUT2D eigenvalue weighted by Gasteiger charge is 2.39. The number of benzene rings is 4. The summed E-state index contributed by atoms with van der Waals surface area (Å²) in [5.74, 6) is -1.49. The third-order valence-electron chi connectivity index (χ3n) is 5.57. The van der Waals surface area contributed by atoms with Gasteiger partial charge in [0.15, 0.2) is 5.60 Å². The van der Waals surface area contributed by atoms with Crippen LogP contribution < -0.4 is 10.2 Å². The van der Waals surface area contributed by atoms with Crippen molar-refractivity contribution in [2.75, 3.05) is 0 Å². The number of nitrogens with zero attached hydrogens (tertiary/aromatic N) is 2. The van der Waals surface area contributed by atoms with Crippen LogP contribution in [-0.4, -0.2) is 28.1 Å². The fourth-order valence-corrected chi connectivity index (χ4v) is 3.80. The molecule has 0 fully saturated rings. The summed E-state index contributed by atoms with van der Waals surface area (Å²) in [6, 6.07) is 26.2. The maximum Gasteiger partial charge on any atom is 0.343 e. The van der Waals surface area contributed by atoms with Crippen LogP contribution in [0.25, 0.3) is 0 Å². The van der Waals surface area contributed by atoms with Crippen LogP contribution in [0.1, 0.15) is 27.0 Å². The van der Waals surface area contributed by atoms with E-state index >= 15 is 0 Å². The third kappa shape index (κ3) is 5.75. The molecule has 190 valence electrons. The molecule has 4 rings (SSSR count). The van der Waals surface area contributed by atoms with E-state index in [4.69, 9.17) is 16.3 Å². The molecular weight excluding hydrogens is 510 g/mol. The van der Waals surface area contributed by atoms with Crippen molar-refractivity contribution in [3.05, 3.63) is 141 Å². The lowest BCUT2D eigenvalue weighted by atomic mass is 9.85. The Morgan fingerprint density at radius 1 is 0.921 bits per heavy atom. The first-order valence-corrected chi connectivity index (χ1v) is 11.6. The Labute approximate surface area is 222 Å². The average Bonchev–Trinajstić information content (AvgIpc) is 2.94. The molecule has 0 saturated carbocycles. The standard InChI is InChI=1S/C28H20ClN3O6/c29-23-13-16-25(38-26(33)19-11-14-24(15-12-19)32(36)37)20(17-23)18-30-31-27(34)28(35,21-7-3-1-4-8-21)22-9-5-2-6-10-22/h1-18,35H,(H,31,34). The van der Waals surface area contributed by atoms with Crippen LogP contribution in [0.3, 0.4) is 0 Å². The molecule has 0 aliphatic rings. The summed E-state index contributed by atoms with van der Waals surface area (Å²) in [6.07, 6.45) is 1.22. The van der Waals surface area contributed by atoms with Gasteiger partial charge in [0.2, 0.25) is 0 Å². The Kier molecular flexibility index (Phi) is 7.91. The number of amides is 1. The normalized spacial score (nSPS) is 11.2. The van der Waals surface area contributed by atoms with Crippen molar-refractivity contribution in [1.82, 2.24) is 5.43 Å². The molecule has 38 heavy (non-hydrogen) atoms. The molecule has 0 radical (unpaired) electrons.